The Morgan fingerprint density at radius 2 is 2.07 bits per heavy atom. The van der Waals surface area contributed by atoms with Crippen molar-refractivity contribution in [2.45, 2.75) is 32.7 Å². The summed E-state index contributed by atoms with van der Waals surface area (Å²) in [5.74, 6) is 0. The highest BCUT2D eigenvalue weighted by atomic mass is 16.6. The SMILES string of the molecule is CC(C)NCCOC(=O)N1CCCC1. The van der Waals surface area contributed by atoms with Crippen molar-refractivity contribution in [3.63, 3.8) is 0 Å². The van der Waals surface area contributed by atoms with Crippen LogP contribution in [-0.2, 0) is 4.74 Å². The van der Waals surface area contributed by atoms with Crippen LogP contribution in [0.3, 0.4) is 0 Å². The maximum Gasteiger partial charge on any atom is 0.409 e. The highest BCUT2D eigenvalue weighted by molar-refractivity contribution is 5.67. The van der Waals surface area contributed by atoms with Gasteiger partial charge in [0.05, 0.1) is 0 Å². The van der Waals surface area contributed by atoms with E-state index in [0.717, 1.165) is 32.5 Å². The van der Waals surface area contributed by atoms with Crippen LogP contribution >= 0.6 is 0 Å². The van der Waals surface area contributed by atoms with Gasteiger partial charge in [-0.25, -0.2) is 4.79 Å². The summed E-state index contributed by atoms with van der Waals surface area (Å²) in [6.45, 7) is 7.06. The summed E-state index contributed by atoms with van der Waals surface area (Å²) in [6, 6.07) is 0.445. The molecule has 0 aliphatic carbocycles. The summed E-state index contributed by atoms with van der Waals surface area (Å²) in [4.78, 5) is 13.1. The maximum atomic E-state index is 11.4. The Labute approximate surface area is 85.6 Å². The zero-order valence-electron chi connectivity index (χ0n) is 9.08. The van der Waals surface area contributed by atoms with Crippen LogP contribution in [0.4, 0.5) is 4.79 Å². The van der Waals surface area contributed by atoms with Gasteiger partial charge in [0.1, 0.15) is 6.61 Å². The fourth-order valence-electron chi connectivity index (χ4n) is 1.48. The Morgan fingerprint density at radius 3 is 2.64 bits per heavy atom. The fourth-order valence-corrected chi connectivity index (χ4v) is 1.48. The molecule has 0 saturated carbocycles. The van der Waals surface area contributed by atoms with Crippen LogP contribution in [0.5, 0.6) is 0 Å². The minimum absolute atomic E-state index is 0.159. The van der Waals surface area contributed by atoms with E-state index in [1.54, 1.807) is 4.90 Å². The van der Waals surface area contributed by atoms with Crippen LogP contribution in [0, 0.1) is 0 Å². The monoisotopic (exact) mass is 200 g/mol. The minimum atomic E-state index is -0.159. The van der Waals surface area contributed by atoms with Crippen molar-refractivity contribution >= 4 is 6.09 Å². The molecule has 0 bridgehead atoms. The number of rotatable bonds is 4. The van der Waals surface area contributed by atoms with Gasteiger partial charge in [0, 0.05) is 25.7 Å². The van der Waals surface area contributed by atoms with E-state index in [1.165, 1.54) is 0 Å². The Morgan fingerprint density at radius 1 is 1.43 bits per heavy atom. The molecule has 1 fully saturated rings. The highest BCUT2D eigenvalue weighted by Crippen LogP contribution is 2.08. The summed E-state index contributed by atoms with van der Waals surface area (Å²) in [7, 11) is 0. The third kappa shape index (κ3) is 3.96. The first-order valence-corrected chi connectivity index (χ1v) is 5.35. The molecule has 0 atom stereocenters. The van der Waals surface area contributed by atoms with Crippen molar-refractivity contribution in [3.05, 3.63) is 0 Å². The zero-order chi connectivity index (χ0) is 10.4. The molecule has 1 aliphatic heterocycles. The maximum absolute atomic E-state index is 11.4. The van der Waals surface area contributed by atoms with Crippen LogP contribution < -0.4 is 5.32 Å². The molecule has 4 heteroatoms. The van der Waals surface area contributed by atoms with Crippen molar-refractivity contribution < 1.29 is 9.53 Å². The van der Waals surface area contributed by atoms with Crippen molar-refractivity contribution in [3.8, 4) is 0 Å². The van der Waals surface area contributed by atoms with E-state index in [-0.39, 0.29) is 6.09 Å². The van der Waals surface area contributed by atoms with Crippen LogP contribution in [0.2, 0.25) is 0 Å². The number of hydrogen-bond donors (Lipinski definition) is 1. The molecule has 1 aliphatic rings. The third-order valence-corrected chi connectivity index (χ3v) is 2.24. The number of hydrogen-bond acceptors (Lipinski definition) is 3. The number of amides is 1. The van der Waals surface area contributed by atoms with E-state index < -0.39 is 0 Å². The quantitative estimate of drug-likeness (QED) is 0.694. The Hall–Kier alpha value is -0.770. The number of nitrogens with one attached hydrogen (secondary N) is 1. The number of nitrogens with zero attached hydrogens (tertiary/aromatic N) is 1. The average molecular weight is 200 g/mol. The third-order valence-electron chi connectivity index (χ3n) is 2.24. The van der Waals surface area contributed by atoms with Gasteiger partial charge in [-0.05, 0) is 12.8 Å². The molecule has 4 nitrogen and oxygen atoms in total. The molecule has 82 valence electrons. The van der Waals surface area contributed by atoms with Gasteiger partial charge >= 0.3 is 6.09 Å². The van der Waals surface area contributed by atoms with Gasteiger partial charge in [-0.2, -0.15) is 0 Å². The van der Waals surface area contributed by atoms with Crippen molar-refractivity contribution in [1.82, 2.24) is 10.2 Å². The molecule has 1 heterocycles. The van der Waals surface area contributed by atoms with Crippen molar-refractivity contribution in [2.75, 3.05) is 26.2 Å². The smallest absolute Gasteiger partial charge is 0.409 e. The van der Waals surface area contributed by atoms with Crippen molar-refractivity contribution in [1.29, 1.82) is 0 Å². The van der Waals surface area contributed by atoms with Gasteiger partial charge in [-0.3, -0.25) is 0 Å². The normalized spacial score (nSPS) is 16.4. The molecule has 1 N–H and O–H groups in total. The zero-order valence-corrected chi connectivity index (χ0v) is 9.08. The Balaban J connectivity index is 2.03. The van der Waals surface area contributed by atoms with Gasteiger partial charge < -0.3 is 15.0 Å². The standard InChI is InChI=1S/C10H20N2O2/c1-9(2)11-5-8-14-10(13)12-6-3-4-7-12/h9,11H,3-8H2,1-2H3. The molecule has 14 heavy (non-hydrogen) atoms. The van der Waals surface area contributed by atoms with E-state index in [0.29, 0.717) is 12.6 Å². The van der Waals surface area contributed by atoms with Gasteiger partial charge in [-0.15, -0.1) is 0 Å². The van der Waals surface area contributed by atoms with E-state index >= 15 is 0 Å². The topological polar surface area (TPSA) is 41.6 Å². The van der Waals surface area contributed by atoms with E-state index in [2.05, 4.69) is 19.2 Å². The number of ether oxygens (including phenoxy) is 1. The summed E-state index contributed by atoms with van der Waals surface area (Å²) in [5, 5.41) is 3.20. The first kappa shape index (κ1) is 11.3. The number of carbonyl (C=O) groups is 1. The molecule has 1 amide bonds. The summed E-state index contributed by atoms with van der Waals surface area (Å²) < 4.78 is 5.10. The van der Waals surface area contributed by atoms with Crippen molar-refractivity contribution in [2.24, 2.45) is 0 Å². The molecule has 0 aromatic carbocycles. The lowest BCUT2D eigenvalue weighted by atomic mass is 10.4. The van der Waals surface area contributed by atoms with Crippen LogP contribution in [-0.4, -0.2) is 43.3 Å². The molecule has 0 radical (unpaired) electrons. The Bertz CT molecular complexity index is 177. The fraction of sp³-hybridized carbons (Fsp3) is 0.900. The lowest BCUT2D eigenvalue weighted by Crippen LogP contribution is -2.32. The predicted octanol–water partition coefficient (Wildman–Crippen LogP) is 1.22. The molecule has 0 unspecified atom stereocenters. The van der Waals surface area contributed by atoms with Gasteiger partial charge in [-0.1, -0.05) is 13.8 Å². The molecule has 0 spiro atoms. The van der Waals surface area contributed by atoms with E-state index in [9.17, 15) is 4.79 Å². The molecular weight excluding hydrogens is 180 g/mol. The van der Waals surface area contributed by atoms with Gasteiger partial charge in [0.25, 0.3) is 0 Å². The predicted molar refractivity (Wildman–Crippen MR) is 55.3 cm³/mol. The van der Waals surface area contributed by atoms with Gasteiger partial charge in [0.15, 0.2) is 0 Å². The highest BCUT2D eigenvalue weighted by Gasteiger charge is 2.18. The second-order valence-electron chi connectivity index (χ2n) is 3.92. The minimum Gasteiger partial charge on any atom is -0.448 e. The van der Waals surface area contributed by atoms with Crippen LogP contribution in [0.1, 0.15) is 26.7 Å². The largest absolute Gasteiger partial charge is 0.448 e. The van der Waals surface area contributed by atoms with E-state index in [1.807, 2.05) is 0 Å². The molecule has 0 aromatic rings. The Kier molecular flexibility index (Phi) is 4.73. The second kappa shape index (κ2) is 5.86. The van der Waals surface area contributed by atoms with Crippen LogP contribution in [0.25, 0.3) is 0 Å². The molecule has 1 saturated heterocycles. The second-order valence-corrected chi connectivity index (χ2v) is 3.92. The first-order chi connectivity index (χ1) is 6.70. The van der Waals surface area contributed by atoms with Gasteiger partial charge in [0.2, 0.25) is 0 Å². The first-order valence-electron chi connectivity index (χ1n) is 5.35. The lowest BCUT2D eigenvalue weighted by Gasteiger charge is -2.15. The van der Waals surface area contributed by atoms with E-state index in [4.69, 9.17) is 4.74 Å². The molecular formula is C10H20N2O2. The number of likely N-dealkylation sites (tertiary alicyclic amines) is 1. The summed E-state index contributed by atoms with van der Waals surface area (Å²) >= 11 is 0. The lowest BCUT2D eigenvalue weighted by molar-refractivity contribution is 0.111. The average Bonchev–Trinajstić information content (AvgIpc) is 2.64. The summed E-state index contributed by atoms with van der Waals surface area (Å²) in [6.07, 6.45) is 2.06. The molecule has 1 rings (SSSR count). The molecule has 0 aromatic heterocycles. The summed E-state index contributed by atoms with van der Waals surface area (Å²) in [5.41, 5.74) is 0. The van der Waals surface area contributed by atoms with Crippen LogP contribution in [0.15, 0.2) is 0 Å². The number of carbonyl (C=O) groups excluding carboxylic acids is 1.